The minimum Gasteiger partial charge on any atom is -0.508 e. The van der Waals surface area contributed by atoms with Crippen molar-refractivity contribution in [2.75, 3.05) is 5.43 Å². The number of hydrogen-bond acceptors (Lipinski definition) is 3. The fourth-order valence-corrected chi connectivity index (χ4v) is 1.36. The van der Waals surface area contributed by atoms with E-state index in [1.807, 2.05) is 0 Å². The van der Waals surface area contributed by atoms with Crippen LogP contribution in [0.5, 0.6) is 5.75 Å². The van der Waals surface area contributed by atoms with Crippen molar-refractivity contribution in [2.45, 2.75) is 0 Å². The molecule has 0 amide bonds. The van der Waals surface area contributed by atoms with Gasteiger partial charge in [0.25, 0.3) is 0 Å². The molecule has 2 aromatic carbocycles. The van der Waals surface area contributed by atoms with Crippen LogP contribution in [0, 0.1) is 11.6 Å². The molecule has 92 valence electrons. The molecule has 3 nitrogen and oxygen atoms in total. The molecule has 0 heterocycles. The molecule has 0 unspecified atom stereocenters. The van der Waals surface area contributed by atoms with Crippen molar-refractivity contribution in [1.82, 2.24) is 0 Å². The zero-order valence-electron chi connectivity index (χ0n) is 9.27. The molecule has 0 saturated heterocycles. The summed E-state index contributed by atoms with van der Waals surface area (Å²) in [6, 6.07) is 9.59. The van der Waals surface area contributed by atoms with E-state index in [2.05, 4.69) is 10.5 Å². The first-order chi connectivity index (χ1) is 8.65. The number of benzene rings is 2. The standard InChI is InChI=1S/C13H10F2N2O/c14-10-4-5-13(12(15)7-10)17-16-8-9-2-1-3-11(18)6-9/h1-8,17-18H/b16-8+. The number of phenols is 1. The van der Waals surface area contributed by atoms with E-state index in [9.17, 15) is 13.9 Å². The van der Waals surface area contributed by atoms with Gasteiger partial charge in [0.15, 0.2) is 5.82 Å². The second-order valence-electron chi connectivity index (χ2n) is 3.59. The quantitative estimate of drug-likeness (QED) is 0.647. The number of halogens is 2. The maximum Gasteiger partial charge on any atom is 0.151 e. The molecule has 0 radical (unpaired) electrons. The predicted molar refractivity (Wildman–Crippen MR) is 65.7 cm³/mol. The highest BCUT2D eigenvalue weighted by Crippen LogP contribution is 2.15. The van der Waals surface area contributed by atoms with Gasteiger partial charge >= 0.3 is 0 Å². The van der Waals surface area contributed by atoms with Gasteiger partial charge in [-0.25, -0.2) is 8.78 Å². The minimum absolute atomic E-state index is 0.0767. The van der Waals surface area contributed by atoms with Gasteiger partial charge in [0.05, 0.1) is 11.9 Å². The molecule has 0 atom stereocenters. The fourth-order valence-electron chi connectivity index (χ4n) is 1.36. The third kappa shape index (κ3) is 3.04. The maximum absolute atomic E-state index is 13.2. The third-order valence-corrected chi connectivity index (χ3v) is 2.20. The summed E-state index contributed by atoms with van der Waals surface area (Å²) in [5.41, 5.74) is 3.19. The van der Waals surface area contributed by atoms with E-state index in [-0.39, 0.29) is 11.4 Å². The first kappa shape index (κ1) is 12.0. The molecule has 0 spiro atoms. The Kier molecular flexibility index (Phi) is 3.52. The van der Waals surface area contributed by atoms with E-state index >= 15 is 0 Å². The van der Waals surface area contributed by atoms with Crippen LogP contribution in [0.25, 0.3) is 0 Å². The molecular formula is C13H10F2N2O. The topological polar surface area (TPSA) is 44.6 Å². The van der Waals surface area contributed by atoms with Gasteiger partial charge < -0.3 is 5.11 Å². The van der Waals surface area contributed by atoms with Crippen LogP contribution < -0.4 is 5.43 Å². The summed E-state index contributed by atoms with van der Waals surface area (Å²) in [5.74, 6) is -1.25. The van der Waals surface area contributed by atoms with E-state index in [4.69, 9.17) is 0 Å². The second-order valence-corrected chi connectivity index (χ2v) is 3.59. The normalized spacial score (nSPS) is 10.8. The molecule has 5 heteroatoms. The van der Waals surface area contributed by atoms with Gasteiger partial charge in [0.2, 0.25) is 0 Å². The molecule has 2 N–H and O–H groups in total. The maximum atomic E-state index is 13.2. The van der Waals surface area contributed by atoms with Gasteiger partial charge in [-0.1, -0.05) is 12.1 Å². The molecule has 2 aromatic rings. The first-order valence-corrected chi connectivity index (χ1v) is 5.18. The largest absolute Gasteiger partial charge is 0.508 e. The molecule has 0 bridgehead atoms. The van der Waals surface area contributed by atoms with Gasteiger partial charge in [-0.05, 0) is 29.8 Å². The molecule has 0 aliphatic heterocycles. The van der Waals surface area contributed by atoms with Gasteiger partial charge in [-0.15, -0.1) is 0 Å². The summed E-state index contributed by atoms with van der Waals surface area (Å²) in [7, 11) is 0. The smallest absolute Gasteiger partial charge is 0.151 e. The van der Waals surface area contributed by atoms with Crippen molar-refractivity contribution in [3.63, 3.8) is 0 Å². The summed E-state index contributed by atoms with van der Waals surface area (Å²) in [6.45, 7) is 0. The summed E-state index contributed by atoms with van der Waals surface area (Å²) in [5, 5.41) is 13.0. The lowest BCUT2D eigenvalue weighted by molar-refractivity contribution is 0.475. The predicted octanol–water partition coefficient (Wildman–Crippen LogP) is 3.12. The molecule has 0 aliphatic rings. The van der Waals surface area contributed by atoms with E-state index in [0.717, 1.165) is 12.1 Å². The van der Waals surface area contributed by atoms with Gasteiger partial charge in [-0.2, -0.15) is 5.10 Å². The lowest BCUT2D eigenvalue weighted by atomic mass is 10.2. The summed E-state index contributed by atoms with van der Waals surface area (Å²) in [4.78, 5) is 0. The Morgan fingerprint density at radius 1 is 1.11 bits per heavy atom. The first-order valence-electron chi connectivity index (χ1n) is 5.18. The van der Waals surface area contributed by atoms with E-state index in [1.165, 1.54) is 24.4 Å². The molecule has 0 aliphatic carbocycles. The number of hydrogen-bond donors (Lipinski definition) is 2. The lowest BCUT2D eigenvalue weighted by Crippen LogP contribution is -1.94. The highest BCUT2D eigenvalue weighted by atomic mass is 19.1. The second kappa shape index (κ2) is 5.27. The summed E-state index contributed by atoms with van der Waals surface area (Å²) < 4.78 is 25.9. The SMILES string of the molecule is Oc1cccc(/C=N/Nc2ccc(F)cc2F)c1. The Labute approximate surface area is 102 Å². The zero-order valence-corrected chi connectivity index (χ0v) is 9.27. The van der Waals surface area contributed by atoms with Crippen LogP contribution in [0.4, 0.5) is 14.5 Å². The van der Waals surface area contributed by atoms with Crippen molar-refractivity contribution in [1.29, 1.82) is 0 Å². The summed E-state index contributed by atoms with van der Waals surface area (Å²) >= 11 is 0. The lowest BCUT2D eigenvalue weighted by Gasteiger charge is -2.01. The third-order valence-electron chi connectivity index (χ3n) is 2.20. The Morgan fingerprint density at radius 2 is 1.94 bits per heavy atom. The number of nitrogens with zero attached hydrogens (tertiary/aromatic N) is 1. The number of nitrogens with one attached hydrogen (secondary N) is 1. The van der Waals surface area contributed by atoms with Gasteiger partial charge in [-0.3, -0.25) is 5.43 Å². The minimum atomic E-state index is -0.719. The molecule has 18 heavy (non-hydrogen) atoms. The molecule has 0 fully saturated rings. The number of rotatable bonds is 3. The molecular weight excluding hydrogens is 238 g/mol. The number of aromatic hydroxyl groups is 1. The molecule has 0 saturated carbocycles. The van der Waals surface area contributed by atoms with Crippen LogP contribution >= 0.6 is 0 Å². The van der Waals surface area contributed by atoms with E-state index in [1.54, 1.807) is 12.1 Å². The van der Waals surface area contributed by atoms with Crippen molar-refractivity contribution < 1.29 is 13.9 Å². The Hall–Kier alpha value is -2.43. The number of anilines is 1. The van der Waals surface area contributed by atoms with Crippen LogP contribution in [0.3, 0.4) is 0 Å². The van der Waals surface area contributed by atoms with Crippen molar-refractivity contribution in [3.05, 3.63) is 59.7 Å². The number of phenolic OH excluding ortho intramolecular Hbond substituents is 1. The van der Waals surface area contributed by atoms with Crippen molar-refractivity contribution in [3.8, 4) is 5.75 Å². The van der Waals surface area contributed by atoms with Crippen LogP contribution in [-0.4, -0.2) is 11.3 Å². The van der Waals surface area contributed by atoms with Gasteiger partial charge in [0, 0.05) is 6.07 Å². The van der Waals surface area contributed by atoms with Crippen LogP contribution in [-0.2, 0) is 0 Å². The zero-order chi connectivity index (χ0) is 13.0. The van der Waals surface area contributed by atoms with Crippen molar-refractivity contribution >= 4 is 11.9 Å². The van der Waals surface area contributed by atoms with Crippen LogP contribution in [0.15, 0.2) is 47.6 Å². The highest BCUT2D eigenvalue weighted by Gasteiger charge is 2.01. The molecule has 2 rings (SSSR count). The highest BCUT2D eigenvalue weighted by molar-refractivity contribution is 5.80. The van der Waals surface area contributed by atoms with E-state index < -0.39 is 11.6 Å². The van der Waals surface area contributed by atoms with Gasteiger partial charge in [0.1, 0.15) is 11.6 Å². The van der Waals surface area contributed by atoms with Crippen molar-refractivity contribution in [2.24, 2.45) is 5.10 Å². The average Bonchev–Trinajstić information content (AvgIpc) is 2.32. The summed E-state index contributed by atoms with van der Waals surface area (Å²) in [6.07, 6.45) is 1.42. The Balaban J connectivity index is 2.07. The monoisotopic (exact) mass is 248 g/mol. The molecule has 0 aromatic heterocycles. The Morgan fingerprint density at radius 3 is 2.67 bits per heavy atom. The van der Waals surface area contributed by atoms with E-state index in [0.29, 0.717) is 5.56 Å². The average molecular weight is 248 g/mol. The number of hydrazone groups is 1. The van der Waals surface area contributed by atoms with Crippen LogP contribution in [0.2, 0.25) is 0 Å². The Bertz CT molecular complexity index is 585. The van der Waals surface area contributed by atoms with Crippen LogP contribution in [0.1, 0.15) is 5.56 Å². The fraction of sp³-hybridized carbons (Fsp3) is 0.